The number of halogens is 2. The zero-order chi connectivity index (χ0) is 10.3. The Hall–Kier alpha value is -0.250. The molecule has 2 atom stereocenters. The molecule has 5 heteroatoms. The summed E-state index contributed by atoms with van der Waals surface area (Å²) in [6.45, 7) is 4.22. The van der Waals surface area contributed by atoms with Gasteiger partial charge in [0.1, 0.15) is 0 Å². The van der Waals surface area contributed by atoms with Crippen molar-refractivity contribution in [2.75, 3.05) is 0 Å². The molecule has 3 rings (SSSR count). The average Bonchev–Trinajstić information content (AvgIpc) is 2.72. The van der Waals surface area contributed by atoms with Gasteiger partial charge < -0.3 is 5.32 Å². The van der Waals surface area contributed by atoms with Crippen molar-refractivity contribution in [3.8, 4) is 0 Å². The van der Waals surface area contributed by atoms with E-state index in [0.29, 0.717) is 6.04 Å². The second-order valence-corrected chi connectivity index (χ2v) is 4.75. The fourth-order valence-electron chi connectivity index (χ4n) is 3.19. The zero-order valence-electron chi connectivity index (χ0n) is 10.2. The van der Waals surface area contributed by atoms with Crippen LogP contribution in [0.5, 0.6) is 0 Å². The standard InChI is InChI=1S/C12H19N3.2ClH/c1-2-15-12-9(8-14-15)7-13-11-6-4-3-5-10(11)12;;/h8,10-11,13H,2-7H2,1H3;2*1H. The summed E-state index contributed by atoms with van der Waals surface area (Å²) in [7, 11) is 0. The van der Waals surface area contributed by atoms with Crippen molar-refractivity contribution in [2.24, 2.45) is 0 Å². The molecule has 1 aliphatic heterocycles. The monoisotopic (exact) mass is 277 g/mol. The maximum absolute atomic E-state index is 4.48. The van der Waals surface area contributed by atoms with Crippen LogP contribution >= 0.6 is 24.8 Å². The van der Waals surface area contributed by atoms with E-state index in [-0.39, 0.29) is 24.8 Å². The van der Waals surface area contributed by atoms with Crippen molar-refractivity contribution in [3.63, 3.8) is 0 Å². The Bertz CT molecular complexity index is 351. The summed E-state index contributed by atoms with van der Waals surface area (Å²) in [6.07, 6.45) is 7.52. The van der Waals surface area contributed by atoms with E-state index in [1.54, 1.807) is 0 Å². The molecule has 1 N–H and O–H groups in total. The Balaban J connectivity index is 0.000000722. The summed E-state index contributed by atoms with van der Waals surface area (Å²) < 4.78 is 2.21. The van der Waals surface area contributed by atoms with E-state index in [0.717, 1.165) is 19.0 Å². The van der Waals surface area contributed by atoms with Crippen LogP contribution in [0, 0.1) is 0 Å². The van der Waals surface area contributed by atoms with Crippen molar-refractivity contribution in [1.82, 2.24) is 15.1 Å². The molecular weight excluding hydrogens is 257 g/mol. The highest BCUT2D eigenvalue weighted by molar-refractivity contribution is 5.85. The van der Waals surface area contributed by atoms with Gasteiger partial charge in [0.05, 0.1) is 6.20 Å². The molecule has 1 aromatic rings. The van der Waals surface area contributed by atoms with Crippen LogP contribution < -0.4 is 5.32 Å². The fourth-order valence-corrected chi connectivity index (χ4v) is 3.19. The van der Waals surface area contributed by atoms with E-state index in [1.165, 1.54) is 36.9 Å². The SMILES string of the molecule is CCn1ncc2c1C1CCCCC1NC2.Cl.Cl. The minimum absolute atomic E-state index is 0. The van der Waals surface area contributed by atoms with Crippen LogP contribution in [0.4, 0.5) is 0 Å². The molecule has 17 heavy (non-hydrogen) atoms. The lowest BCUT2D eigenvalue weighted by molar-refractivity contribution is 0.295. The van der Waals surface area contributed by atoms with Gasteiger partial charge in [-0.05, 0) is 19.8 Å². The number of rotatable bonds is 1. The quantitative estimate of drug-likeness (QED) is 0.856. The van der Waals surface area contributed by atoms with Crippen molar-refractivity contribution < 1.29 is 0 Å². The molecule has 0 spiro atoms. The molecule has 3 nitrogen and oxygen atoms in total. The van der Waals surface area contributed by atoms with Crippen LogP contribution in [0.2, 0.25) is 0 Å². The molecule has 0 bridgehead atoms. The summed E-state index contributed by atoms with van der Waals surface area (Å²) in [6, 6.07) is 0.716. The van der Waals surface area contributed by atoms with Gasteiger partial charge in [-0.25, -0.2) is 0 Å². The Morgan fingerprint density at radius 1 is 1.35 bits per heavy atom. The summed E-state index contributed by atoms with van der Waals surface area (Å²) in [5, 5.41) is 8.15. The Kier molecular flexibility index (Phi) is 5.29. The molecular formula is C12H21Cl2N3. The molecule has 2 aliphatic rings. The van der Waals surface area contributed by atoms with Gasteiger partial charge >= 0.3 is 0 Å². The molecule has 2 unspecified atom stereocenters. The van der Waals surface area contributed by atoms with Gasteiger partial charge in [0.15, 0.2) is 0 Å². The average molecular weight is 278 g/mol. The van der Waals surface area contributed by atoms with E-state index in [1.807, 2.05) is 0 Å². The Morgan fingerprint density at radius 3 is 2.88 bits per heavy atom. The lowest BCUT2D eigenvalue weighted by Crippen LogP contribution is -2.41. The van der Waals surface area contributed by atoms with Gasteiger partial charge in [-0.1, -0.05) is 12.8 Å². The van der Waals surface area contributed by atoms with Crippen LogP contribution in [-0.2, 0) is 13.1 Å². The fraction of sp³-hybridized carbons (Fsp3) is 0.750. The zero-order valence-corrected chi connectivity index (χ0v) is 11.8. The number of fused-ring (bicyclic) bond motifs is 3. The number of nitrogens with zero attached hydrogens (tertiary/aromatic N) is 2. The topological polar surface area (TPSA) is 29.9 Å². The van der Waals surface area contributed by atoms with Crippen LogP contribution in [0.25, 0.3) is 0 Å². The molecule has 2 heterocycles. The van der Waals surface area contributed by atoms with E-state index >= 15 is 0 Å². The van der Waals surface area contributed by atoms with Crippen molar-refractivity contribution in [1.29, 1.82) is 0 Å². The first-order chi connectivity index (χ1) is 7.40. The van der Waals surface area contributed by atoms with Crippen LogP contribution in [0.3, 0.4) is 0 Å². The number of aryl methyl sites for hydroxylation is 1. The second kappa shape index (κ2) is 6.07. The summed E-state index contributed by atoms with van der Waals surface area (Å²) in [5.74, 6) is 0.727. The van der Waals surface area contributed by atoms with Crippen LogP contribution in [-0.4, -0.2) is 15.8 Å². The number of nitrogens with one attached hydrogen (secondary N) is 1. The van der Waals surface area contributed by atoms with Crippen molar-refractivity contribution in [3.05, 3.63) is 17.5 Å². The van der Waals surface area contributed by atoms with E-state index in [2.05, 4.69) is 28.2 Å². The highest BCUT2D eigenvalue weighted by Gasteiger charge is 2.33. The second-order valence-electron chi connectivity index (χ2n) is 4.75. The summed E-state index contributed by atoms with van der Waals surface area (Å²) >= 11 is 0. The van der Waals surface area contributed by atoms with Gasteiger partial charge in [0, 0.05) is 36.3 Å². The van der Waals surface area contributed by atoms with Crippen LogP contribution in [0.1, 0.15) is 49.8 Å². The molecule has 1 aliphatic carbocycles. The van der Waals surface area contributed by atoms with Gasteiger partial charge in [-0.3, -0.25) is 4.68 Å². The van der Waals surface area contributed by atoms with Gasteiger partial charge in [0.2, 0.25) is 0 Å². The molecule has 0 amide bonds. The largest absolute Gasteiger partial charge is 0.309 e. The number of aromatic nitrogens is 2. The van der Waals surface area contributed by atoms with Crippen LogP contribution in [0.15, 0.2) is 6.20 Å². The minimum atomic E-state index is 0. The smallest absolute Gasteiger partial charge is 0.0537 e. The van der Waals surface area contributed by atoms with E-state index in [9.17, 15) is 0 Å². The third-order valence-electron chi connectivity index (χ3n) is 3.93. The van der Waals surface area contributed by atoms with Gasteiger partial charge in [-0.15, -0.1) is 24.8 Å². The maximum atomic E-state index is 4.48. The third-order valence-corrected chi connectivity index (χ3v) is 3.93. The highest BCUT2D eigenvalue weighted by Crippen LogP contribution is 2.37. The van der Waals surface area contributed by atoms with Crippen molar-refractivity contribution >= 4 is 24.8 Å². The summed E-state index contributed by atoms with van der Waals surface area (Å²) in [4.78, 5) is 0. The van der Waals surface area contributed by atoms with Crippen molar-refractivity contribution in [2.45, 2.75) is 57.7 Å². The molecule has 1 saturated carbocycles. The molecule has 0 radical (unpaired) electrons. The molecule has 1 aromatic heterocycles. The lowest BCUT2D eigenvalue weighted by Gasteiger charge is -2.36. The van der Waals surface area contributed by atoms with E-state index in [4.69, 9.17) is 0 Å². The van der Waals surface area contributed by atoms with Gasteiger partial charge in [0.25, 0.3) is 0 Å². The number of hydrogen-bond donors (Lipinski definition) is 1. The molecule has 0 saturated heterocycles. The summed E-state index contributed by atoms with van der Waals surface area (Å²) in [5.41, 5.74) is 2.96. The van der Waals surface area contributed by atoms with E-state index < -0.39 is 0 Å². The minimum Gasteiger partial charge on any atom is -0.309 e. The number of hydrogen-bond acceptors (Lipinski definition) is 2. The first kappa shape index (κ1) is 14.8. The first-order valence-electron chi connectivity index (χ1n) is 6.18. The molecule has 1 fully saturated rings. The predicted molar refractivity (Wildman–Crippen MR) is 74.2 cm³/mol. The molecule has 0 aromatic carbocycles. The Morgan fingerprint density at radius 2 is 2.12 bits per heavy atom. The highest BCUT2D eigenvalue weighted by atomic mass is 35.5. The first-order valence-corrected chi connectivity index (χ1v) is 6.18. The maximum Gasteiger partial charge on any atom is 0.0537 e. The third kappa shape index (κ3) is 2.47. The predicted octanol–water partition coefficient (Wildman–Crippen LogP) is 2.88. The van der Waals surface area contributed by atoms with Gasteiger partial charge in [-0.2, -0.15) is 5.10 Å². The molecule has 98 valence electrons. The lowest BCUT2D eigenvalue weighted by atomic mass is 9.79. The Labute approximate surface area is 115 Å². The normalized spacial score (nSPS) is 26.2.